The Kier molecular flexibility index (Phi) is 8.33. The van der Waals surface area contributed by atoms with Crippen LogP contribution in [-0.2, 0) is 14.8 Å². The van der Waals surface area contributed by atoms with Crippen LogP contribution in [0.5, 0.6) is 0 Å². The van der Waals surface area contributed by atoms with Crippen molar-refractivity contribution in [1.82, 2.24) is 10.2 Å². The van der Waals surface area contributed by atoms with E-state index >= 15 is 0 Å². The van der Waals surface area contributed by atoms with Gasteiger partial charge in [-0.3, -0.25) is 14.4 Å². The van der Waals surface area contributed by atoms with Crippen LogP contribution in [0.25, 0.3) is 0 Å². The molecule has 2 aromatic rings. The zero-order valence-electron chi connectivity index (χ0n) is 18.4. The van der Waals surface area contributed by atoms with Gasteiger partial charge in [-0.2, -0.15) is 8.78 Å². The maximum atomic E-state index is 12.8. The molecular weight excluding hydrogens is 472 g/mol. The number of amides is 1. The summed E-state index contributed by atoms with van der Waals surface area (Å²) in [6.45, 7) is 7.33. The largest absolute Gasteiger partial charge is 0.379 e. The SMILES string of the molecule is CC(C)(CNC(=O)c1cccc(S(=O)(=O)Nc2ccc(SC(F)F)cc2)c1)N1CCOCC1. The fraction of sp³-hybridized carbons (Fsp3) is 0.409. The van der Waals surface area contributed by atoms with Crippen molar-refractivity contribution in [2.45, 2.75) is 34.9 Å². The number of sulfonamides is 1. The zero-order valence-corrected chi connectivity index (χ0v) is 20.0. The van der Waals surface area contributed by atoms with E-state index in [-0.39, 0.29) is 27.6 Å². The second-order valence-electron chi connectivity index (χ2n) is 8.13. The predicted molar refractivity (Wildman–Crippen MR) is 124 cm³/mol. The van der Waals surface area contributed by atoms with E-state index in [0.29, 0.717) is 36.4 Å². The van der Waals surface area contributed by atoms with Crippen molar-refractivity contribution in [2.24, 2.45) is 0 Å². The van der Waals surface area contributed by atoms with Crippen molar-refractivity contribution < 1.29 is 26.7 Å². The van der Waals surface area contributed by atoms with Gasteiger partial charge in [-0.1, -0.05) is 17.8 Å². The molecule has 1 aliphatic heterocycles. The number of morpholine rings is 1. The van der Waals surface area contributed by atoms with Crippen LogP contribution in [0.1, 0.15) is 24.2 Å². The monoisotopic (exact) mass is 499 g/mol. The van der Waals surface area contributed by atoms with E-state index in [2.05, 4.69) is 14.9 Å². The van der Waals surface area contributed by atoms with Gasteiger partial charge in [0.05, 0.1) is 18.1 Å². The first-order chi connectivity index (χ1) is 15.6. The van der Waals surface area contributed by atoms with E-state index in [0.717, 1.165) is 13.1 Å². The van der Waals surface area contributed by atoms with Crippen molar-refractivity contribution in [1.29, 1.82) is 0 Å². The van der Waals surface area contributed by atoms with E-state index in [9.17, 15) is 22.0 Å². The molecule has 1 amide bonds. The Hall–Kier alpha value is -2.21. The molecule has 0 atom stereocenters. The quantitative estimate of drug-likeness (QED) is 0.513. The number of ether oxygens (including phenoxy) is 1. The van der Waals surface area contributed by atoms with Crippen LogP contribution in [0.4, 0.5) is 14.5 Å². The summed E-state index contributed by atoms with van der Waals surface area (Å²) in [6, 6.07) is 11.4. The third-order valence-corrected chi connectivity index (χ3v) is 7.39. The molecule has 1 heterocycles. The molecule has 11 heteroatoms. The molecule has 1 saturated heterocycles. The molecule has 180 valence electrons. The second-order valence-corrected chi connectivity index (χ2v) is 10.9. The van der Waals surface area contributed by atoms with E-state index in [1.54, 1.807) is 6.07 Å². The normalized spacial score (nSPS) is 15.4. The molecule has 0 saturated carbocycles. The van der Waals surface area contributed by atoms with Gasteiger partial charge in [-0.15, -0.1) is 0 Å². The first-order valence-electron chi connectivity index (χ1n) is 10.4. The number of rotatable bonds is 9. The van der Waals surface area contributed by atoms with Crippen LogP contribution in [0.15, 0.2) is 58.3 Å². The number of anilines is 1. The van der Waals surface area contributed by atoms with Crippen molar-refractivity contribution in [2.75, 3.05) is 37.6 Å². The lowest BCUT2D eigenvalue weighted by Gasteiger charge is -2.40. The predicted octanol–water partition coefficient (Wildman–Crippen LogP) is 3.64. The smallest absolute Gasteiger partial charge is 0.288 e. The zero-order chi connectivity index (χ0) is 24.1. The Morgan fingerprint density at radius 1 is 1.15 bits per heavy atom. The summed E-state index contributed by atoms with van der Waals surface area (Å²) in [4.78, 5) is 15.2. The average Bonchev–Trinajstić information content (AvgIpc) is 2.79. The molecule has 1 aliphatic rings. The Balaban J connectivity index is 1.65. The van der Waals surface area contributed by atoms with Gasteiger partial charge < -0.3 is 10.1 Å². The summed E-state index contributed by atoms with van der Waals surface area (Å²) in [7, 11) is -3.97. The summed E-state index contributed by atoms with van der Waals surface area (Å²) >= 11 is 0.378. The van der Waals surface area contributed by atoms with Gasteiger partial charge in [0.1, 0.15) is 0 Å². The molecule has 33 heavy (non-hydrogen) atoms. The Labute approximate surface area is 196 Å². The van der Waals surface area contributed by atoms with E-state index < -0.39 is 15.8 Å². The number of carbonyl (C=O) groups excluding carboxylic acids is 1. The molecule has 1 fully saturated rings. The van der Waals surface area contributed by atoms with Gasteiger partial charge in [0.15, 0.2) is 0 Å². The van der Waals surface area contributed by atoms with Crippen LogP contribution in [0.2, 0.25) is 0 Å². The number of hydrogen-bond donors (Lipinski definition) is 2. The summed E-state index contributed by atoms with van der Waals surface area (Å²) in [6.07, 6.45) is 0. The summed E-state index contributed by atoms with van der Waals surface area (Å²) in [5, 5.41) is 2.89. The third kappa shape index (κ3) is 7.13. The number of hydrogen-bond acceptors (Lipinski definition) is 6. The molecule has 0 aromatic heterocycles. The standard InChI is InChI=1S/C22H27F2N3O4S2/c1-22(2,27-10-12-31-13-11-27)15-25-20(28)16-4-3-5-19(14-16)33(29,30)26-17-6-8-18(9-7-17)32-21(23)24/h3-9,14,21,26H,10-13,15H2,1-2H3,(H,25,28). The molecule has 0 spiro atoms. The topological polar surface area (TPSA) is 87.7 Å². The highest BCUT2D eigenvalue weighted by Gasteiger charge is 2.29. The van der Waals surface area contributed by atoms with Crippen LogP contribution < -0.4 is 10.0 Å². The average molecular weight is 500 g/mol. The van der Waals surface area contributed by atoms with Crippen LogP contribution in [0, 0.1) is 0 Å². The lowest BCUT2D eigenvalue weighted by Crippen LogP contribution is -2.55. The van der Waals surface area contributed by atoms with Gasteiger partial charge >= 0.3 is 0 Å². The number of benzene rings is 2. The van der Waals surface area contributed by atoms with Gasteiger partial charge in [-0.25, -0.2) is 8.42 Å². The maximum absolute atomic E-state index is 12.8. The fourth-order valence-corrected chi connectivity index (χ4v) is 5.01. The van der Waals surface area contributed by atoms with Crippen molar-refractivity contribution >= 4 is 33.4 Å². The molecule has 0 radical (unpaired) electrons. The summed E-state index contributed by atoms with van der Waals surface area (Å²) in [5.74, 6) is -2.93. The maximum Gasteiger partial charge on any atom is 0.288 e. The highest BCUT2D eigenvalue weighted by molar-refractivity contribution is 7.99. The number of alkyl halides is 2. The number of thioether (sulfide) groups is 1. The molecule has 0 unspecified atom stereocenters. The van der Waals surface area contributed by atoms with Gasteiger partial charge in [0, 0.05) is 41.3 Å². The third-order valence-electron chi connectivity index (χ3n) is 5.29. The molecule has 0 bridgehead atoms. The highest BCUT2D eigenvalue weighted by atomic mass is 32.2. The summed E-state index contributed by atoms with van der Waals surface area (Å²) in [5.41, 5.74) is 0.175. The molecular formula is C22H27F2N3O4S2. The molecule has 2 N–H and O–H groups in total. The minimum absolute atomic E-state index is 0.0754. The summed E-state index contributed by atoms with van der Waals surface area (Å²) < 4.78 is 58.2. The van der Waals surface area contributed by atoms with Crippen molar-refractivity contribution in [3.8, 4) is 0 Å². The Morgan fingerprint density at radius 2 is 1.82 bits per heavy atom. The molecule has 2 aromatic carbocycles. The van der Waals surface area contributed by atoms with Gasteiger partial charge in [0.25, 0.3) is 21.7 Å². The second kappa shape index (κ2) is 10.8. The Bertz CT molecular complexity index is 1060. The molecule has 7 nitrogen and oxygen atoms in total. The van der Waals surface area contributed by atoms with E-state index in [4.69, 9.17) is 4.74 Å². The first-order valence-corrected chi connectivity index (χ1v) is 12.7. The lowest BCUT2D eigenvalue weighted by atomic mass is 10.0. The number of carbonyl (C=O) groups is 1. The van der Waals surface area contributed by atoms with E-state index in [1.807, 2.05) is 13.8 Å². The van der Waals surface area contributed by atoms with Crippen LogP contribution in [-0.4, -0.2) is 63.4 Å². The highest BCUT2D eigenvalue weighted by Crippen LogP contribution is 2.27. The Morgan fingerprint density at radius 3 is 2.45 bits per heavy atom. The van der Waals surface area contributed by atoms with Gasteiger partial charge in [0.2, 0.25) is 0 Å². The van der Waals surface area contributed by atoms with Crippen molar-refractivity contribution in [3.05, 3.63) is 54.1 Å². The molecule has 3 rings (SSSR count). The number of halogens is 2. The lowest BCUT2D eigenvalue weighted by molar-refractivity contribution is -0.00923. The molecule has 0 aliphatic carbocycles. The van der Waals surface area contributed by atoms with Gasteiger partial charge in [-0.05, 0) is 56.3 Å². The van der Waals surface area contributed by atoms with Crippen LogP contribution in [0.3, 0.4) is 0 Å². The van der Waals surface area contributed by atoms with Crippen LogP contribution >= 0.6 is 11.8 Å². The minimum Gasteiger partial charge on any atom is -0.379 e. The number of nitrogens with one attached hydrogen (secondary N) is 2. The minimum atomic E-state index is -3.97. The van der Waals surface area contributed by atoms with Crippen molar-refractivity contribution in [3.63, 3.8) is 0 Å². The fourth-order valence-electron chi connectivity index (χ4n) is 3.40. The van der Waals surface area contributed by atoms with E-state index in [1.165, 1.54) is 42.5 Å². The first kappa shape index (κ1) is 25.4. The number of nitrogens with zero attached hydrogens (tertiary/aromatic N) is 1.